The maximum atomic E-state index is 12.4. The van der Waals surface area contributed by atoms with Gasteiger partial charge in [0.05, 0.1) is 12.1 Å². The molecule has 1 aromatic carbocycles. The molecule has 3 heterocycles. The standard InChI is InChI=1S/C26H26F3N7O3S/c27-26(28,29)39-20-9-5-6-17(14-20)15-22(37)31-21-12-11-18(33-34-21)7-1-2-10-24-35-36-25(40-24)32-23(38)16-19-8-3-4-13-30-19/h3-6,8-9,11-14,23,38H,1-2,7,10,15-16H2,(H,32,36)(H,31,34,37). The van der Waals surface area contributed by atoms with Crippen molar-refractivity contribution in [2.45, 2.75) is 51.1 Å². The molecule has 3 N–H and O–H groups in total. The van der Waals surface area contributed by atoms with Crippen LogP contribution in [0.1, 0.15) is 34.8 Å². The summed E-state index contributed by atoms with van der Waals surface area (Å²) in [5.74, 6) is -0.586. The van der Waals surface area contributed by atoms with Gasteiger partial charge in [-0.2, -0.15) is 5.10 Å². The number of carbonyl (C=O) groups is 1. The zero-order valence-electron chi connectivity index (χ0n) is 21.1. The molecule has 0 radical (unpaired) electrons. The van der Waals surface area contributed by atoms with Gasteiger partial charge in [0, 0.05) is 24.7 Å². The van der Waals surface area contributed by atoms with E-state index in [1.54, 1.807) is 18.3 Å². The lowest BCUT2D eigenvalue weighted by molar-refractivity contribution is -0.274. The lowest BCUT2D eigenvalue weighted by Gasteiger charge is -2.10. The van der Waals surface area contributed by atoms with E-state index in [-0.39, 0.29) is 18.0 Å². The van der Waals surface area contributed by atoms with Crippen LogP contribution in [-0.4, -0.2) is 49.0 Å². The smallest absolute Gasteiger partial charge is 0.406 e. The van der Waals surface area contributed by atoms with Crippen LogP contribution in [0.25, 0.3) is 0 Å². The average Bonchev–Trinajstić information content (AvgIpc) is 3.34. The number of aliphatic hydroxyl groups excluding tert-OH is 1. The molecule has 0 spiro atoms. The maximum Gasteiger partial charge on any atom is 0.573 e. The molecule has 0 bridgehead atoms. The molecule has 3 aromatic heterocycles. The molecule has 0 aliphatic rings. The highest BCUT2D eigenvalue weighted by Gasteiger charge is 2.31. The van der Waals surface area contributed by atoms with Crippen LogP contribution in [0.3, 0.4) is 0 Å². The van der Waals surface area contributed by atoms with Crippen LogP contribution in [0.5, 0.6) is 5.75 Å². The van der Waals surface area contributed by atoms with Crippen LogP contribution in [0.4, 0.5) is 24.1 Å². The van der Waals surface area contributed by atoms with Gasteiger partial charge in [0.25, 0.3) is 0 Å². The van der Waals surface area contributed by atoms with E-state index in [1.165, 1.54) is 29.5 Å². The van der Waals surface area contributed by atoms with Crippen molar-refractivity contribution in [2.75, 3.05) is 10.6 Å². The highest BCUT2D eigenvalue weighted by atomic mass is 32.1. The Kier molecular flexibility index (Phi) is 9.91. The van der Waals surface area contributed by atoms with E-state index < -0.39 is 18.5 Å². The van der Waals surface area contributed by atoms with Crippen LogP contribution in [0.15, 0.2) is 60.8 Å². The Labute approximate surface area is 231 Å². The van der Waals surface area contributed by atoms with Crippen LogP contribution in [-0.2, 0) is 30.5 Å². The quantitative estimate of drug-likeness (QED) is 0.158. The molecule has 0 saturated heterocycles. The van der Waals surface area contributed by atoms with Gasteiger partial charge in [0.2, 0.25) is 11.0 Å². The second-order valence-electron chi connectivity index (χ2n) is 8.72. The van der Waals surface area contributed by atoms with Crippen molar-refractivity contribution in [3.63, 3.8) is 0 Å². The first-order chi connectivity index (χ1) is 19.2. The molecule has 40 heavy (non-hydrogen) atoms. The molecular weight excluding hydrogens is 547 g/mol. The number of rotatable bonds is 13. The van der Waals surface area contributed by atoms with E-state index in [0.717, 1.165) is 41.7 Å². The Balaban J connectivity index is 1.15. The fraction of sp³-hybridized carbons (Fsp3) is 0.308. The molecule has 4 rings (SSSR count). The lowest BCUT2D eigenvalue weighted by atomic mass is 10.1. The van der Waals surface area contributed by atoms with Crippen LogP contribution >= 0.6 is 11.3 Å². The first kappa shape index (κ1) is 28.8. The first-order valence-electron chi connectivity index (χ1n) is 12.4. The van der Waals surface area contributed by atoms with E-state index in [1.807, 2.05) is 18.2 Å². The van der Waals surface area contributed by atoms with Crippen LogP contribution in [0, 0.1) is 0 Å². The number of nitrogens with one attached hydrogen (secondary N) is 2. The minimum absolute atomic E-state index is 0.148. The fourth-order valence-corrected chi connectivity index (χ4v) is 4.52. The fourth-order valence-electron chi connectivity index (χ4n) is 3.69. The number of benzene rings is 1. The number of nitrogens with zero attached hydrogens (tertiary/aromatic N) is 5. The van der Waals surface area contributed by atoms with Crippen LogP contribution in [0.2, 0.25) is 0 Å². The third-order valence-electron chi connectivity index (χ3n) is 5.44. The number of hydrogen-bond acceptors (Lipinski definition) is 10. The van der Waals surface area contributed by atoms with Gasteiger partial charge in [-0.05, 0) is 61.2 Å². The second kappa shape index (κ2) is 13.8. The summed E-state index contributed by atoms with van der Waals surface area (Å²) in [4.78, 5) is 16.5. The van der Waals surface area contributed by atoms with Crippen molar-refractivity contribution in [3.8, 4) is 5.75 Å². The predicted molar refractivity (Wildman–Crippen MR) is 142 cm³/mol. The Morgan fingerprint density at radius 3 is 2.58 bits per heavy atom. The highest BCUT2D eigenvalue weighted by Crippen LogP contribution is 2.24. The van der Waals surface area contributed by atoms with E-state index in [2.05, 4.69) is 40.7 Å². The summed E-state index contributed by atoms with van der Waals surface area (Å²) in [5, 5.41) is 33.5. The number of alkyl halides is 3. The summed E-state index contributed by atoms with van der Waals surface area (Å²) in [5.41, 5.74) is 1.89. The number of halogens is 3. The number of unbranched alkanes of at least 4 members (excludes halogenated alkanes) is 1. The van der Waals surface area contributed by atoms with Crippen molar-refractivity contribution >= 4 is 28.2 Å². The monoisotopic (exact) mass is 573 g/mol. The minimum atomic E-state index is -4.80. The number of carbonyl (C=O) groups excluding carboxylic acids is 1. The van der Waals surface area contributed by atoms with E-state index >= 15 is 0 Å². The van der Waals surface area contributed by atoms with Crippen molar-refractivity contribution in [2.24, 2.45) is 0 Å². The third-order valence-corrected chi connectivity index (χ3v) is 6.36. The minimum Gasteiger partial charge on any atom is -0.406 e. The van der Waals surface area contributed by atoms with Gasteiger partial charge in [-0.15, -0.1) is 28.5 Å². The molecule has 0 fully saturated rings. The largest absolute Gasteiger partial charge is 0.573 e. The zero-order chi connectivity index (χ0) is 28.4. The molecule has 0 aliphatic heterocycles. The van der Waals surface area contributed by atoms with Gasteiger partial charge in [0.15, 0.2) is 5.82 Å². The SMILES string of the molecule is O=C(Cc1cccc(OC(F)(F)F)c1)Nc1ccc(CCCCc2nnc(NC(O)Cc3ccccn3)s2)nn1. The third kappa shape index (κ3) is 9.85. The van der Waals surface area contributed by atoms with Gasteiger partial charge in [0.1, 0.15) is 17.0 Å². The van der Waals surface area contributed by atoms with Crippen molar-refractivity contribution in [1.29, 1.82) is 0 Å². The number of ether oxygens (including phenoxy) is 1. The van der Waals surface area contributed by atoms with Gasteiger partial charge >= 0.3 is 6.36 Å². The first-order valence-corrected chi connectivity index (χ1v) is 13.2. The highest BCUT2D eigenvalue weighted by molar-refractivity contribution is 7.15. The van der Waals surface area contributed by atoms with Crippen molar-refractivity contribution in [1.82, 2.24) is 25.4 Å². The normalized spacial score (nSPS) is 12.1. The predicted octanol–water partition coefficient (Wildman–Crippen LogP) is 4.34. The maximum absolute atomic E-state index is 12.4. The van der Waals surface area contributed by atoms with E-state index in [0.29, 0.717) is 23.5 Å². The Bertz CT molecular complexity index is 1370. The number of pyridine rings is 1. The topological polar surface area (TPSA) is 135 Å². The second-order valence-corrected chi connectivity index (χ2v) is 9.79. The summed E-state index contributed by atoms with van der Waals surface area (Å²) >= 11 is 1.39. The van der Waals surface area contributed by atoms with Crippen molar-refractivity contribution < 1.29 is 27.8 Å². The van der Waals surface area contributed by atoms with Crippen LogP contribution < -0.4 is 15.4 Å². The molecule has 0 aliphatic carbocycles. The molecule has 1 atom stereocenters. The van der Waals surface area contributed by atoms with Gasteiger partial charge in [-0.25, -0.2) is 0 Å². The number of hydrogen-bond donors (Lipinski definition) is 3. The summed E-state index contributed by atoms with van der Waals surface area (Å²) < 4.78 is 41.1. The molecule has 4 aromatic rings. The Morgan fingerprint density at radius 2 is 1.82 bits per heavy atom. The molecule has 10 nitrogen and oxygen atoms in total. The lowest BCUT2D eigenvalue weighted by Crippen LogP contribution is -2.21. The van der Waals surface area contributed by atoms with E-state index in [9.17, 15) is 23.1 Å². The molecular formula is C26H26F3N7O3S. The number of amides is 1. The molecule has 210 valence electrons. The molecule has 0 saturated carbocycles. The van der Waals surface area contributed by atoms with E-state index in [4.69, 9.17) is 0 Å². The number of aryl methyl sites for hydroxylation is 2. The Morgan fingerprint density at radius 1 is 0.975 bits per heavy atom. The average molecular weight is 574 g/mol. The number of aromatic nitrogens is 5. The summed E-state index contributed by atoms with van der Waals surface area (Å²) in [6, 6.07) is 14.2. The summed E-state index contributed by atoms with van der Waals surface area (Å²) in [6.45, 7) is 0. The van der Waals surface area contributed by atoms with Crippen molar-refractivity contribution in [3.05, 3.63) is 82.8 Å². The Hall–Kier alpha value is -4.17. The molecule has 14 heteroatoms. The summed E-state index contributed by atoms with van der Waals surface area (Å²) in [7, 11) is 0. The summed E-state index contributed by atoms with van der Waals surface area (Å²) in [6.07, 6.45) is -0.639. The van der Waals surface area contributed by atoms with Gasteiger partial charge in [-0.1, -0.05) is 29.5 Å². The number of anilines is 2. The van der Waals surface area contributed by atoms with Gasteiger partial charge < -0.3 is 20.5 Å². The van der Waals surface area contributed by atoms with Gasteiger partial charge in [-0.3, -0.25) is 9.78 Å². The number of aliphatic hydroxyl groups is 1. The molecule has 1 unspecified atom stereocenters. The molecule has 1 amide bonds. The zero-order valence-corrected chi connectivity index (χ0v) is 22.0.